The van der Waals surface area contributed by atoms with Gasteiger partial charge in [-0.2, -0.15) is 0 Å². The molecule has 2 aromatic rings. The van der Waals surface area contributed by atoms with E-state index in [4.69, 9.17) is 0 Å². The van der Waals surface area contributed by atoms with E-state index in [2.05, 4.69) is 10.3 Å². The predicted molar refractivity (Wildman–Crippen MR) is 99.9 cm³/mol. The van der Waals surface area contributed by atoms with E-state index >= 15 is 0 Å². The highest BCUT2D eigenvalue weighted by Gasteiger charge is 2.31. The van der Waals surface area contributed by atoms with Crippen molar-refractivity contribution in [2.24, 2.45) is 5.92 Å². The van der Waals surface area contributed by atoms with Crippen LogP contribution in [0.1, 0.15) is 19.8 Å². The number of carbonyl (C=O) groups is 1. The zero-order valence-corrected chi connectivity index (χ0v) is 15.6. The molecule has 1 saturated heterocycles. The van der Waals surface area contributed by atoms with Crippen molar-refractivity contribution in [3.05, 3.63) is 35.2 Å². The van der Waals surface area contributed by atoms with Crippen LogP contribution in [0.4, 0.5) is 5.69 Å². The Bertz CT molecular complexity index is 817. The van der Waals surface area contributed by atoms with E-state index in [1.807, 2.05) is 29.6 Å². The first kappa shape index (κ1) is 18.0. The van der Waals surface area contributed by atoms with E-state index in [1.54, 1.807) is 12.4 Å². The van der Waals surface area contributed by atoms with E-state index in [-0.39, 0.29) is 24.1 Å². The van der Waals surface area contributed by atoms with Gasteiger partial charge in [0.2, 0.25) is 15.9 Å². The SMILES string of the molecule is CCS(=O)(=O)N1CCC[C@H](C(=O)Nc2ccc(-c3cscn3)cc2)C1. The normalized spacial score (nSPS) is 18.8. The lowest BCUT2D eigenvalue weighted by Crippen LogP contribution is -2.44. The number of hydrogen-bond acceptors (Lipinski definition) is 5. The molecule has 1 aromatic heterocycles. The Morgan fingerprint density at radius 3 is 2.76 bits per heavy atom. The molecular formula is C17H21N3O3S2. The largest absolute Gasteiger partial charge is 0.326 e. The Kier molecular flexibility index (Phi) is 5.51. The van der Waals surface area contributed by atoms with E-state index < -0.39 is 10.0 Å². The number of aromatic nitrogens is 1. The van der Waals surface area contributed by atoms with Crippen LogP contribution in [0.3, 0.4) is 0 Å². The molecule has 0 unspecified atom stereocenters. The van der Waals surface area contributed by atoms with Crippen LogP contribution < -0.4 is 5.32 Å². The summed E-state index contributed by atoms with van der Waals surface area (Å²) in [5.41, 5.74) is 4.40. The summed E-state index contributed by atoms with van der Waals surface area (Å²) in [5.74, 6) is -0.370. The highest BCUT2D eigenvalue weighted by atomic mass is 32.2. The number of nitrogens with one attached hydrogen (secondary N) is 1. The fraction of sp³-hybridized carbons (Fsp3) is 0.412. The summed E-state index contributed by atoms with van der Waals surface area (Å²) in [6.07, 6.45) is 1.42. The number of rotatable bonds is 5. The second-order valence-corrected chi connectivity index (χ2v) is 9.01. The number of sulfonamides is 1. The van der Waals surface area contributed by atoms with Crippen LogP contribution in [0.25, 0.3) is 11.3 Å². The van der Waals surface area contributed by atoms with Gasteiger partial charge in [0.25, 0.3) is 0 Å². The third-order valence-corrected chi connectivity index (χ3v) is 6.83. The van der Waals surface area contributed by atoms with Gasteiger partial charge in [0, 0.05) is 29.7 Å². The highest BCUT2D eigenvalue weighted by molar-refractivity contribution is 7.89. The Labute approximate surface area is 151 Å². The molecule has 0 radical (unpaired) electrons. The third kappa shape index (κ3) is 4.26. The Hall–Kier alpha value is -1.77. The minimum Gasteiger partial charge on any atom is -0.326 e. The number of hydrogen-bond donors (Lipinski definition) is 1. The van der Waals surface area contributed by atoms with Gasteiger partial charge < -0.3 is 5.32 Å². The van der Waals surface area contributed by atoms with Gasteiger partial charge in [-0.3, -0.25) is 4.79 Å². The Morgan fingerprint density at radius 2 is 2.12 bits per heavy atom. The number of nitrogens with zero attached hydrogens (tertiary/aromatic N) is 2. The zero-order valence-electron chi connectivity index (χ0n) is 14.0. The minimum absolute atomic E-state index is 0.0689. The van der Waals surface area contributed by atoms with E-state index in [1.165, 1.54) is 15.6 Å². The summed E-state index contributed by atoms with van der Waals surface area (Å²) in [7, 11) is -3.24. The van der Waals surface area contributed by atoms with Crippen LogP contribution in [0.15, 0.2) is 35.2 Å². The number of piperidine rings is 1. The van der Waals surface area contributed by atoms with Gasteiger partial charge in [-0.25, -0.2) is 17.7 Å². The number of thiazole rings is 1. The van der Waals surface area contributed by atoms with E-state index in [9.17, 15) is 13.2 Å². The summed E-state index contributed by atoms with van der Waals surface area (Å²) in [5, 5.41) is 4.87. The lowest BCUT2D eigenvalue weighted by Gasteiger charge is -2.30. The minimum atomic E-state index is -3.24. The summed E-state index contributed by atoms with van der Waals surface area (Å²) in [6, 6.07) is 7.52. The van der Waals surface area contributed by atoms with Crippen LogP contribution in [0.5, 0.6) is 0 Å². The van der Waals surface area contributed by atoms with Crippen molar-refractivity contribution in [1.82, 2.24) is 9.29 Å². The molecule has 0 bridgehead atoms. The van der Waals surface area contributed by atoms with Gasteiger partial charge in [-0.1, -0.05) is 12.1 Å². The zero-order chi connectivity index (χ0) is 17.9. The van der Waals surface area contributed by atoms with Crippen molar-refractivity contribution in [2.45, 2.75) is 19.8 Å². The first-order valence-electron chi connectivity index (χ1n) is 8.27. The van der Waals surface area contributed by atoms with Crippen molar-refractivity contribution in [1.29, 1.82) is 0 Å². The second-order valence-electron chi connectivity index (χ2n) is 6.04. The van der Waals surface area contributed by atoms with Crippen molar-refractivity contribution >= 4 is 33.0 Å². The molecule has 134 valence electrons. The average molecular weight is 380 g/mol. The van der Waals surface area contributed by atoms with Crippen LogP contribution in [-0.2, 0) is 14.8 Å². The molecule has 2 heterocycles. The molecule has 1 atom stereocenters. The predicted octanol–water partition coefficient (Wildman–Crippen LogP) is 2.81. The van der Waals surface area contributed by atoms with Crippen molar-refractivity contribution in [2.75, 3.05) is 24.2 Å². The quantitative estimate of drug-likeness (QED) is 0.866. The molecule has 1 aliphatic rings. The Morgan fingerprint density at radius 1 is 1.36 bits per heavy atom. The monoisotopic (exact) mass is 379 g/mol. The molecule has 25 heavy (non-hydrogen) atoms. The van der Waals surface area contributed by atoms with Gasteiger partial charge in [-0.05, 0) is 31.9 Å². The highest BCUT2D eigenvalue weighted by Crippen LogP contribution is 2.23. The lowest BCUT2D eigenvalue weighted by molar-refractivity contribution is -0.120. The standard InChI is InChI=1S/C17H21N3O3S2/c1-2-25(22,23)20-9-3-4-14(10-20)17(21)19-15-7-5-13(6-8-15)16-11-24-12-18-16/h5-8,11-12,14H,2-4,9-10H2,1H3,(H,19,21)/t14-/m0/s1. The number of anilines is 1. The maximum atomic E-state index is 12.5. The van der Waals surface area contributed by atoms with Gasteiger partial charge in [0.1, 0.15) is 0 Å². The van der Waals surface area contributed by atoms with Gasteiger partial charge in [0.05, 0.1) is 22.9 Å². The molecule has 6 nitrogen and oxygen atoms in total. The fourth-order valence-electron chi connectivity index (χ4n) is 2.92. The van der Waals surface area contributed by atoms with Gasteiger partial charge >= 0.3 is 0 Å². The first-order chi connectivity index (χ1) is 12.0. The molecule has 1 aliphatic heterocycles. The summed E-state index contributed by atoms with van der Waals surface area (Å²) in [6.45, 7) is 2.39. The maximum absolute atomic E-state index is 12.5. The van der Waals surface area contributed by atoms with Gasteiger partial charge in [0.15, 0.2) is 0 Å². The molecule has 3 rings (SSSR count). The van der Waals surface area contributed by atoms with E-state index in [0.29, 0.717) is 25.1 Å². The van der Waals surface area contributed by atoms with Crippen molar-refractivity contribution in [3.8, 4) is 11.3 Å². The molecule has 1 amide bonds. The molecule has 1 aromatic carbocycles. The molecule has 8 heteroatoms. The summed E-state index contributed by atoms with van der Waals surface area (Å²) < 4.78 is 25.5. The molecule has 0 spiro atoms. The summed E-state index contributed by atoms with van der Waals surface area (Å²) >= 11 is 1.54. The third-order valence-electron chi connectivity index (χ3n) is 4.39. The number of carbonyl (C=O) groups excluding carboxylic acids is 1. The average Bonchev–Trinajstić information content (AvgIpc) is 3.17. The fourth-order valence-corrected chi connectivity index (χ4v) is 4.66. The van der Waals surface area contributed by atoms with Crippen LogP contribution >= 0.6 is 11.3 Å². The molecule has 0 aliphatic carbocycles. The smallest absolute Gasteiger partial charge is 0.228 e. The number of benzene rings is 1. The first-order valence-corrected chi connectivity index (χ1v) is 10.8. The van der Waals surface area contributed by atoms with E-state index in [0.717, 1.165) is 11.3 Å². The molecule has 1 N–H and O–H groups in total. The molecular weight excluding hydrogens is 358 g/mol. The molecule has 0 saturated carbocycles. The van der Waals surface area contributed by atoms with Crippen LogP contribution in [0.2, 0.25) is 0 Å². The topological polar surface area (TPSA) is 79.4 Å². The maximum Gasteiger partial charge on any atom is 0.228 e. The lowest BCUT2D eigenvalue weighted by atomic mass is 9.98. The molecule has 1 fully saturated rings. The summed E-state index contributed by atoms with van der Waals surface area (Å²) in [4.78, 5) is 16.8. The van der Waals surface area contributed by atoms with Crippen LogP contribution in [0, 0.1) is 5.92 Å². The van der Waals surface area contributed by atoms with Crippen LogP contribution in [-0.4, -0.2) is 42.5 Å². The Balaban J connectivity index is 1.64. The van der Waals surface area contributed by atoms with Gasteiger partial charge in [-0.15, -0.1) is 11.3 Å². The number of amides is 1. The van der Waals surface area contributed by atoms with Crippen molar-refractivity contribution < 1.29 is 13.2 Å². The second kappa shape index (κ2) is 7.63. The van der Waals surface area contributed by atoms with Crippen molar-refractivity contribution in [3.63, 3.8) is 0 Å².